The summed E-state index contributed by atoms with van der Waals surface area (Å²) in [5, 5.41) is 14.2. The van der Waals surface area contributed by atoms with Crippen molar-refractivity contribution in [2.24, 2.45) is 0 Å². The quantitative estimate of drug-likeness (QED) is 0.383. The van der Waals surface area contributed by atoms with E-state index in [4.69, 9.17) is 0 Å². The van der Waals surface area contributed by atoms with Crippen LogP contribution in [0.25, 0.3) is 11.3 Å². The van der Waals surface area contributed by atoms with Crippen LogP contribution in [-0.4, -0.2) is 37.3 Å². The van der Waals surface area contributed by atoms with Crippen LogP contribution in [0.2, 0.25) is 0 Å². The monoisotopic (exact) mass is 504 g/mol. The first-order valence-electron chi connectivity index (χ1n) is 9.16. The Kier molecular flexibility index (Phi) is 8.49. The van der Waals surface area contributed by atoms with Gasteiger partial charge in [-0.25, -0.2) is 15.0 Å². The van der Waals surface area contributed by atoms with E-state index in [9.17, 15) is 23.1 Å². The van der Waals surface area contributed by atoms with Crippen molar-refractivity contribution in [3.05, 3.63) is 53.2 Å². The molecule has 0 bridgehead atoms. The standard InChI is InChI=1S/C20H19F3N4O2S2.ClH/c1-19(2,16(28)29)31-18-26-14(11-30-18)7-9-24-17-25-10-8-15(27-17)12-3-5-13(6-4-12)20(21,22)23;/h3-6,8,10-11H,7,9H2,1-2H3,(H,28,29)(H,24,25,27);1H. The fourth-order valence-corrected chi connectivity index (χ4v) is 4.67. The van der Waals surface area contributed by atoms with Crippen molar-refractivity contribution < 1.29 is 23.1 Å². The molecule has 12 heteroatoms. The van der Waals surface area contributed by atoms with Crippen LogP contribution in [-0.2, 0) is 17.4 Å². The van der Waals surface area contributed by atoms with E-state index in [-0.39, 0.29) is 12.4 Å². The van der Waals surface area contributed by atoms with Gasteiger partial charge in [-0.3, -0.25) is 4.79 Å². The maximum Gasteiger partial charge on any atom is 0.416 e. The molecule has 0 aliphatic rings. The second-order valence-electron chi connectivity index (χ2n) is 7.04. The number of nitrogens with zero attached hydrogens (tertiary/aromatic N) is 3. The molecule has 0 aliphatic carbocycles. The van der Waals surface area contributed by atoms with E-state index in [1.54, 1.807) is 19.9 Å². The molecular formula is C20H20ClF3N4O2S2. The van der Waals surface area contributed by atoms with Crippen LogP contribution in [0.3, 0.4) is 0 Å². The number of alkyl halides is 3. The first kappa shape index (κ1) is 25.9. The Morgan fingerprint density at radius 2 is 1.84 bits per heavy atom. The number of carboxylic acids is 1. The summed E-state index contributed by atoms with van der Waals surface area (Å²) in [6, 6.07) is 6.42. The molecule has 0 unspecified atom stereocenters. The molecule has 6 nitrogen and oxygen atoms in total. The molecule has 0 radical (unpaired) electrons. The Hall–Kier alpha value is -2.37. The van der Waals surface area contributed by atoms with E-state index in [1.807, 2.05) is 5.38 Å². The average molecular weight is 505 g/mol. The number of thioether (sulfide) groups is 1. The van der Waals surface area contributed by atoms with Crippen LogP contribution in [0.4, 0.5) is 19.1 Å². The lowest BCUT2D eigenvalue weighted by Crippen LogP contribution is -2.26. The topological polar surface area (TPSA) is 88.0 Å². The zero-order valence-electron chi connectivity index (χ0n) is 17.0. The van der Waals surface area contributed by atoms with Gasteiger partial charge in [-0.05, 0) is 32.0 Å². The van der Waals surface area contributed by atoms with Gasteiger partial charge < -0.3 is 10.4 Å². The lowest BCUT2D eigenvalue weighted by Gasteiger charge is -2.15. The maximum absolute atomic E-state index is 12.7. The number of hydrogen-bond donors (Lipinski definition) is 2. The van der Waals surface area contributed by atoms with Gasteiger partial charge in [-0.2, -0.15) is 13.2 Å². The second-order valence-corrected chi connectivity index (χ2v) is 9.77. The Bertz CT molecular complexity index is 1060. The molecule has 1 aromatic carbocycles. The summed E-state index contributed by atoms with van der Waals surface area (Å²) in [5.74, 6) is -0.546. The Morgan fingerprint density at radius 1 is 1.16 bits per heavy atom. The normalized spacial score (nSPS) is 11.7. The van der Waals surface area contributed by atoms with Gasteiger partial charge in [0.25, 0.3) is 0 Å². The van der Waals surface area contributed by atoms with Gasteiger partial charge in [0, 0.05) is 30.1 Å². The minimum atomic E-state index is -4.38. The summed E-state index contributed by atoms with van der Waals surface area (Å²) in [7, 11) is 0. The maximum atomic E-state index is 12.7. The van der Waals surface area contributed by atoms with Crippen molar-refractivity contribution in [3.63, 3.8) is 0 Å². The molecule has 0 spiro atoms. The number of carbonyl (C=O) groups is 1. The molecule has 0 atom stereocenters. The minimum absolute atomic E-state index is 0. The van der Waals surface area contributed by atoms with E-state index in [1.165, 1.54) is 41.4 Å². The summed E-state index contributed by atoms with van der Waals surface area (Å²) in [4.78, 5) is 24.2. The van der Waals surface area contributed by atoms with Crippen molar-refractivity contribution in [1.29, 1.82) is 0 Å². The molecule has 2 aromatic heterocycles. The van der Waals surface area contributed by atoms with Crippen LogP contribution < -0.4 is 5.32 Å². The number of halogens is 4. The molecule has 32 heavy (non-hydrogen) atoms. The van der Waals surface area contributed by atoms with E-state index in [2.05, 4.69) is 20.3 Å². The van der Waals surface area contributed by atoms with E-state index < -0.39 is 22.5 Å². The fourth-order valence-electron chi connectivity index (χ4n) is 2.45. The third-order valence-corrected chi connectivity index (χ3v) is 6.39. The predicted molar refractivity (Wildman–Crippen MR) is 122 cm³/mol. The highest BCUT2D eigenvalue weighted by atomic mass is 35.5. The minimum Gasteiger partial charge on any atom is -0.480 e. The molecule has 2 heterocycles. The van der Waals surface area contributed by atoms with Crippen LogP contribution in [0.1, 0.15) is 25.1 Å². The van der Waals surface area contributed by atoms with E-state index >= 15 is 0 Å². The van der Waals surface area contributed by atoms with E-state index in [0.717, 1.165) is 17.8 Å². The first-order chi connectivity index (χ1) is 14.5. The highest BCUT2D eigenvalue weighted by Gasteiger charge is 2.30. The Labute approximate surface area is 197 Å². The zero-order valence-corrected chi connectivity index (χ0v) is 19.5. The number of aliphatic carboxylic acids is 1. The largest absolute Gasteiger partial charge is 0.480 e. The molecule has 0 fully saturated rings. The highest BCUT2D eigenvalue weighted by molar-refractivity contribution is 8.02. The molecule has 2 N–H and O–H groups in total. The Morgan fingerprint density at radius 3 is 2.47 bits per heavy atom. The lowest BCUT2D eigenvalue weighted by atomic mass is 10.1. The van der Waals surface area contributed by atoms with Crippen molar-refractivity contribution in [2.75, 3.05) is 11.9 Å². The van der Waals surface area contributed by atoms with Gasteiger partial charge in [-0.1, -0.05) is 23.9 Å². The van der Waals surface area contributed by atoms with E-state index in [0.29, 0.717) is 34.5 Å². The van der Waals surface area contributed by atoms with Gasteiger partial charge in [0.05, 0.1) is 17.0 Å². The van der Waals surface area contributed by atoms with Gasteiger partial charge in [0.1, 0.15) is 4.75 Å². The molecule has 0 saturated carbocycles. The SMILES string of the molecule is CC(C)(Sc1nc(CCNc2nccc(-c3ccc(C(F)(F)F)cc3)n2)cs1)C(=O)O.Cl. The molecule has 3 rings (SSSR count). The molecule has 0 saturated heterocycles. The second kappa shape index (κ2) is 10.5. The predicted octanol–water partition coefficient (Wildman–Crippen LogP) is 5.65. The summed E-state index contributed by atoms with van der Waals surface area (Å²) in [6.45, 7) is 3.75. The number of benzene rings is 1. The summed E-state index contributed by atoms with van der Waals surface area (Å²) in [6.07, 6.45) is -2.26. The third-order valence-electron chi connectivity index (χ3n) is 4.22. The summed E-state index contributed by atoms with van der Waals surface area (Å²) in [5.41, 5.74) is 1.17. The zero-order chi connectivity index (χ0) is 22.6. The highest BCUT2D eigenvalue weighted by Crippen LogP contribution is 2.34. The summed E-state index contributed by atoms with van der Waals surface area (Å²) < 4.78 is 37.9. The average Bonchev–Trinajstić information content (AvgIpc) is 3.14. The third kappa shape index (κ3) is 6.81. The number of nitrogens with one attached hydrogen (secondary N) is 1. The number of thiazole rings is 1. The van der Waals surface area contributed by atoms with Crippen molar-refractivity contribution in [3.8, 4) is 11.3 Å². The summed E-state index contributed by atoms with van der Waals surface area (Å²) >= 11 is 2.59. The molecule has 172 valence electrons. The molecule has 0 aliphatic heterocycles. The number of hydrogen-bond acceptors (Lipinski definition) is 7. The lowest BCUT2D eigenvalue weighted by molar-refractivity contribution is -0.139. The number of anilines is 1. The van der Waals surface area contributed by atoms with Gasteiger partial charge >= 0.3 is 12.1 Å². The number of carboxylic acid groups (broad SMARTS) is 1. The van der Waals surface area contributed by atoms with Crippen molar-refractivity contribution in [1.82, 2.24) is 15.0 Å². The van der Waals surface area contributed by atoms with Gasteiger partial charge in [0.2, 0.25) is 5.95 Å². The fraction of sp³-hybridized carbons (Fsp3) is 0.300. The van der Waals surface area contributed by atoms with Crippen molar-refractivity contribution in [2.45, 2.75) is 35.5 Å². The molecule has 3 aromatic rings. The Balaban J connectivity index is 0.00000363. The smallest absolute Gasteiger partial charge is 0.416 e. The van der Waals surface area contributed by atoms with Crippen molar-refractivity contribution >= 4 is 47.4 Å². The van der Waals surface area contributed by atoms with Crippen LogP contribution in [0.5, 0.6) is 0 Å². The first-order valence-corrected chi connectivity index (χ1v) is 10.9. The molecular weight excluding hydrogens is 485 g/mol. The van der Waals surface area contributed by atoms with Crippen LogP contribution >= 0.6 is 35.5 Å². The number of rotatable bonds is 8. The number of aromatic nitrogens is 3. The van der Waals surface area contributed by atoms with Crippen LogP contribution in [0.15, 0.2) is 46.2 Å². The van der Waals surface area contributed by atoms with Gasteiger partial charge in [-0.15, -0.1) is 23.7 Å². The van der Waals surface area contributed by atoms with Crippen LogP contribution in [0, 0.1) is 0 Å². The molecule has 0 amide bonds. The van der Waals surface area contributed by atoms with Gasteiger partial charge in [0.15, 0.2) is 4.34 Å².